The molecular formula is C8H9ClN2O2. The second-order valence-electron chi connectivity index (χ2n) is 2.59. The van der Waals surface area contributed by atoms with Gasteiger partial charge in [0.15, 0.2) is 0 Å². The van der Waals surface area contributed by atoms with Crippen molar-refractivity contribution in [3.63, 3.8) is 0 Å². The molecule has 0 fully saturated rings. The maximum atomic E-state index is 10.3. The molecule has 1 aromatic rings. The van der Waals surface area contributed by atoms with Crippen molar-refractivity contribution in [3.05, 3.63) is 29.0 Å². The highest BCUT2D eigenvalue weighted by Crippen LogP contribution is 2.13. The van der Waals surface area contributed by atoms with E-state index < -0.39 is 12.0 Å². The summed E-state index contributed by atoms with van der Waals surface area (Å²) in [7, 11) is 0. The predicted molar refractivity (Wildman–Crippen MR) is 48.4 cm³/mol. The van der Waals surface area contributed by atoms with E-state index in [1.165, 1.54) is 0 Å². The number of aliphatic carboxylic acids is 1. The van der Waals surface area contributed by atoms with Gasteiger partial charge in [-0.3, -0.25) is 4.79 Å². The van der Waals surface area contributed by atoms with Gasteiger partial charge in [0.1, 0.15) is 5.15 Å². The minimum Gasteiger partial charge on any atom is -0.481 e. The van der Waals surface area contributed by atoms with Crippen LogP contribution in [0.25, 0.3) is 0 Å². The summed E-state index contributed by atoms with van der Waals surface area (Å²) < 4.78 is 0. The van der Waals surface area contributed by atoms with Gasteiger partial charge in [0.2, 0.25) is 0 Å². The maximum absolute atomic E-state index is 10.3. The Morgan fingerprint density at radius 1 is 1.69 bits per heavy atom. The summed E-state index contributed by atoms with van der Waals surface area (Å²) in [6.45, 7) is 0. The molecule has 4 nitrogen and oxygen atoms in total. The third-order valence-electron chi connectivity index (χ3n) is 1.51. The summed E-state index contributed by atoms with van der Waals surface area (Å²) >= 11 is 5.61. The van der Waals surface area contributed by atoms with E-state index in [1.807, 2.05) is 0 Å². The number of pyridine rings is 1. The Bertz CT molecular complexity index is 317. The van der Waals surface area contributed by atoms with Crippen LogP contribution >= 0.6 is 11.6 Å². The van der Waals surface area contributed by atoms with Crippen molar-refractivity contribution >= 4 is 17.6 Å². The molecule has 1 unspecified atom stereocenters. The molecule has 0 radical (unpaired) electrons. The molecule has 3 N–H and O–H groups in total. The van der Waals surface area contributed by atoms with Gasteiger partial charge in [-0.25, -0.2) is 4.98 Å². The summed E-state index contributed by atoms with van der Waals surface area (Å²) in [4.78, 5) is 14.2. The Labute approximate surface area is 80.3 Å². The molecule has 0 amide bonds. The lowest BCUT2D eigenvalue weighted by Crippen LogP contribution is -2.16. The van der Waals surface area contributed by atoms with E-state index in [0.717, 1.165) is 0 Å². The van der Waals surface area contributed by atoms with Crippen molar-refractivity contribution in [2.24, 2.45) is 5.73 Å². The maximum Gasteiger partial charge on any atom is 0.305 e. The summed E-state index contributed by atoms with van der Waals surface area (Å²) in [5.74, 6) is -0.950. The van der Waals surface area contributed by atoms with Gasteiger partial charge < -0.3 is 10.8 Å². The van der Waals surface area contributed by atoms with Gasteiger partial charge in [-0.15, -0.1) is 0 Å². The molecule has 0 aliphatic rings. The lowest BCUT2D eigenvalue weighted by atomic mass is 10.1. The monoisotopic (exact) mass is 200 g/mol. The zero-order chi connectivity index (χ0) is 9.84. The van der Waals surface area contributed by atoms with Gasteiger partial charge in [0, 0.05) is 0 Å². The molecule has 0 aliphatic carbocycles. The second-order valence-corrected chi connectivity index (χ2v) is 2.98. The highest BCUT2D eigenvalue weighted by atomic mass is 35.5. The fourth-order valence-electron chi connectivity index (χ4n) is 0.923. The van der Waals surface area contributed by atoms with E-state index in [2.05, 4.69) is 4.98 Å². The largest absolute Gasteiger partial charge is 0.481 e. The first-order valence-electron chi connectivity index (χ1n) is 3.69. The van der Waals surface area contributed by atoms with Crippen molar-refractivity contribution in [2.45, 2.75) is 12.5 Å². The summed E-state index contributed by atoms with van der Waals surface area (Å²) in [5, 5.41) is 8.79. The quantitative estimate of drug-likeness (QED) is 0.720. The average molecular weight is 201 g/mol. The van der Waals surface area contributed by atoms with Crippen molar-refractivity contribution < 1.29 is 9.90 Å². The summed E-state index contributed by atoms with van der Waals surface area (Å²) in [5.41, 5.74) is 6.06. The molecule has 70 valence electrons. The predicted octanol–water partition coefficient (Wildman–Crippen LogP) is 1.21. The fourth-order valence-corrected chi connectivity index (χ4v) is 1.09. The summed E-state index contributed by atoms with van der Waals surface area (Å²) in [6.07, 6.45) is -0.145. The first-order chi connectivity index (χ1) is 6.09. The molecule has 13 heavy (non-hydrogen) atoms. The third kappa shape index (κ3) is 3.01. The van der Waals surface area contributed by atoms with Crippen LogP contribution < -0.4 is 5.73 Å². The number of aromatic nitrogens is 1. The summed E-state index contributed by atoms with van der Waals surface area (Å²) in [6, 6.07) is 4.35. The smallest absolute Gasteiger partial charge is 0.305 e. The molecular weight excluding hydrogens is 192 g/mol. The van der Waals surface area contributed by atoms with Crippen molar-refractivity contribution in [3.8, 4) is 0 Å². The molecule has 0 saturated carbocycles. The lowest BCUT2D eigenvalue weighted by Gasteiger charge is -2.07. The topological polar surface area (TPSA) is 76.2 Å². The number of carboxylic acids is 1. The molecule has 0 bridgehead atoms. The number of hydrogen-bond donors (Lipinski definition) is 2. The normalized spacial score (nSPS) is 12.5. The number of rotatable bonds is 3. The number of carbonyl (C=O) groups is 1. The Kier molecular flexibility index (Phi) is 3.22. The molecule has 1 heterocycles. The average Bonchev–Trinajstić information content (AvgIpc) is 2.03. The number of hydrogen-bond acceptors (Lipinski definition) is 3. The van der Waals surface area contributed by atoms with Gasteiger partial charge in [-0.2, -0.15) is 0 Å². The number of carboxylic acid groups (broad SMARTS) is 1. The van der Waals surface area contributed by atoms with Gasteiger partial charge in [0.25, 0.3) is 0 Å². The molecule has 0 aromatic carbocycles. The standard InChI is InChI=1S/C8H9ClN2O2/c9-7-3-1-2-6(11-7)5(10)4-8(12)13/h1-3,5H,4,10H2,(H,12,13). The van der Waals surface area contributed by atoms with Crippen LogP contribution in [-0.4, -0.2) is 16.1 Å². The van der Waals surface area contributed by atoms with Gasteiger partial charge in [-0.1, -0.05) is 17.7 Å². The van der Waals surface area contributed by atoms with Crippen LogP contribution in [0.1, 0.15) is 18.2 Å². The van der Waals surface area contributed by atoms with Crippen LogP contribution in [-0.2, 0) is 4.79 Å². The molecule has 0 saturated heterocycles. The Morgan fingerprint density at radius 3 is 2.92 bits per heavy atom. The molecule has 0 spiro atoms. The van der Waals surface area contributed by atoms with E-state index >= 15 is 0 Å². The SMILES string of the molecule is NC(CC(=O)O)c1cccc(Cl)n1. The van der Waals surface area contributed by atoms with E-state index in [1.54, 1.807) is 18.2 Å². The van der Waals surface area contributed by atoms with Crippen LogP contribution in [0.3, 0.4) is 0 Å². The zero-order valence-electron chi connectivity index (χ0n) is 6.77. The number of nitrogens with zero attached hydrogens (tertiary/aromatic N) is 1. The Hall–Kier alpha value is -1.13. The Balaban J connectivity index is 2.76. The van der Waals surface area contributed by atoms with E-state index in [4.69, 9.17) is 22.4 Å². The minimum atomic E-state index is -0.950. The van der Waals surface area contributed by atoms with Gasteiger partial charge >= 0.3 is 5.97 Å². The van der Waals surface area contributed by atoms with Crippen LogP contribution in [0.15, 0.2) is 18.2 Å². The highest BCUT2D eigenvalue weighted by molar-refractivity contribution is 6.29. The van der Waals surface area contributed by atoms with Crippen molar-refractivity contribution in [1.29, 1.82) is 0 Å². The number of halogens is 1. The Morgan fingerprint density at radius 2 is 2.38 bits per heavy atom. The van der Waals surface area contributed by atoms with Crippen LogP contribution in [0.2, 0.25) is 5.15 Å². The van der Waals surface area contributed by atoms with Gasteiger partial charge in [-0.05, 0) is 12.1 Å². The lowest BCUT2D eigenvalue weighted by molar-refractivity contribution is -0.137. The van der Waals surface area contributed by atoms with E-state index in [-0.39, 0.29) is 6.42 Å². The number of nitrogens with two attached hydrogens (primary N) is 1. The third-order valence-corrected chi connectivity index (χ3v) is 1.72. The molecule has 1 aromatic heterocycles. The van der Waals surface area contributed by atoms with Crippen LogP contribution in [0.4, 0.5) is 0 Å². The molecule has 1 rings (SSSR count). The van der Waals surface area contributed by atoms with Crippen molar-refractivity contribution in [1.82, 2.24) is 4.98 Å². The molecule has 1 atom stereocenters. The highest BCUT2D eigenvalue weighted by Gasteiger charge is 2.11. The zero-order valence-corrected chi connectivity index (χ0v) is 7.53. The van der Waals surface area contributed by atoms with Gasteiger partial charge in [0.05, 0.1) is 18.2 Å². The van der Waals surface area contributed by atoms with E-state index in [9.17, 15) is 4.79 Å². The first-order valence-corrected chi connectivity index (χ1v) is 4.07. The van der Waals surface area contributed by atoms with E-state index in [0.29, 0.717) is 10.8 Å². The van der Waals surface area contributed by atoms with Crippen LogP contribution in [0.5, 0.6) is 0 Å². The molecule has 0 aliphatic heterocycles. The molecule has 5 heteroatoms. The second kappa shape index (κ2) is 4.20. The van der Waals surface area contributed by atoms with Crippen molar-refractivity contribution in [2.75, 3.05) is 0 Å². The van der Waals surface area contributed by atoms with Crippen LogP contribution in [0, 0.1) is 0 Å². The first kappa shape index (κ1) is 9.95. The fraction of sp³-hybridized carbons (Fsp3) is 0.250. The minimum absolute atomic E-state index is 0.145.